The number of carboxylic acids is 1. The highest BCUT2D eigenvalue weighted by atomic mass is 35.5. The van der Waals surface area contributed by atoms with Crippen LogP contribution in [0.25, 0.3) is 6.08 Å². The molecule has 0 aliphatic carbocycles. The van der Waals surface area contributed by atoms with E-state index in [1.807, 2.05) is 36.5 Å². The number of benzene rings is 1. The molecule has 1 aromatic heterocycles. The standard InChI is InChI=1S/C17H17NO2.ClH/c1-12(17(19)20)10-14-5-7-15(8-6-14)13(2)16-4-3-9-18-11-16;/h3-11,13H,1-2H3,(H,19,20);1H. The van der Waals surface area contributed by atoms with Gasteiger partial charge in [-0.15, -0.1) is 12.4 Å². The Hall–Kier alpha value is -2.13. The summed E-state index contributed by atoms with van der Waals surface area (Å²) < 4.78 is 0. The Morgan fingerprint density at radius 2 is 1.86 bits per heavy atom. The molecular formula is C17H18ClNO2. The predicted molar refractivity (Wildman–Crippen MR) is 86.7 cm³/mol. The maximum Gasteiger partial charge on any atom is 0.331 e. The maximum atomic E-state index is 10.8. The van der Waals surface area contributed by atoms with Crippen LogP contribution in [0.4, 0.5) is 0 Å². The molecule has 1 unspecified atom stereocenters. The quantitative estimate of drug-likeness (QED) is 0.864. The third-order valence-corrected chi connectivity index (χ3v) is 3.34. The van der Waals surface area contributed by atoms with Crippen LogP contribution in [-0.4, -0.2) is 16.1 Å². The minimum atomic E-state index is -0.891. The normalized spacial score (nSPS) is 12.4. The molecule has 0 bridgehead atoms. The number of hydrogen-bond donors (Lipinski definition) is 1. The fraction of sp³-hybridized carbons (Fsp3) is 0.176. The van der Waals surface area contributed by atoms with Gasteiger partial charge in [0.2, 0.25) is 0 Å². The Kier molecular flexibility index (Phi) is 6.12. The molecule has 0 radical (unpaired) electrons. The van der Waals surface area contributed by atoms with Crippen molar-refractivity contribution in [2.24, 2.45) is 0 Å². The van der Waals surface area contributed by atoms with Gasteiger partial charge in [-0.05, 0) is 35.8 Å². The van der Waals surface area contributed by atoms with Crippen LogP contribution in [-0.2, 0) is 4.79 Å². The Labute approximate surface area is 130 Å². The molecule has 2 aromatic rings. The SMILES string of the molecule is CC(=Cc1ccc(C(C)c2cccnc2)cc1)C(=O)O.Cl. The fourth-order valence-corrected chi connectivity index (χ4v) is 2.02. The molecule has 2 rings (SSSR count). The Morgan fingerprint density at radius 1 is 1.19 bits per heavy atom. The molecule has 0 fully saturated rings. The van der Waals surface area contributed by atoms with E-state index in [1.165, 1.54) is 5.56 Å². The number of aliphatic carboxylic acids is 1. The smallest absolute Gasteiger partial charge is 0.331 e. The summed E-state index contributed by atoms with van der Waals surface area (Å²) in [5.41, 5.74) is 3.57. The maximum absolute atomic E-state index is 10.8. The molecule has 0 amide bonds. The zero-order chi connectivity index (χ0) is 14.5. The number of pyridine rings is 1. The minimum absolute atomic E-state index is 0. The van der Waals surface area contributed by atoms with Crippen LogP contribution in [0.2, 0.25) is 0 Å². The number of aromatic nitrogens is 1. The third kappa shape index (κ3) is 4.43. The molecule has 0 aliphatic heterocycles. The molecule has 4 heteroatoms. The van der Waals surface area contributed by atoms with Gasteiger partial charge in [0.1, 0.15) is 0 Å². The molecule has 110 valence electrons. The van der Waals surface area contributed by atoms with Crippen molar-refractivity contribution in [3.8, 4) is 0 Å². The van der Waals surface area contributed by atoms with Gasteiger partial charge in [-0.3, -0.25) is 4.98 Å². The lowest BCUT2D eigenvalue weighted by Crippen LogP contribution is -1.97. The van der Waals surface area contributed by atoms with Gasteiger partial charge in [0.25, 0.3) is 0 Å². The van der Waals surface area contributed by atoms with Crippen molar-refractivity contribution >= 4 is 24.5 Å². The second kappa shape index (κ2) is 7.60. The topological polar surface area (TPSA) is 50.2 Å². The highest BCUT2D eigenvalue weighted by Crippen LogP contribution is 2.23. The fourth-order valence-electron chi connectivity index (χ4n) is 2.02. The molecule has 0 aliphatic rings. The number of nitrogens with zero attached hydrogens (tertiary/aromatic N) is 1. The summed E-state index contributed by atoms with van der Waals surface area (Å²) in [6.07, 6.45) is 5.30. The first-order valence-corrected chi connectivity index (χ1v) is 6.49. The van der Waals surface area contributed by atoms with E-state index in [4.69, 9.17) is 5.11 Å². The van der Waals surface area contributed by atoms with E-state index < -0.39 is 5.97 Å². The van der Waals surface area contributed by atoms with Gasteiger partial charge >= 0.3 is 5.97 Å². The number of carboxylic acid groups (broad SMARTS) is 1. The lowest BCUT2D eigenvalue weighted by Gasteiger charge is -2.12. The Morgan fingerprint density at radius 3 is 2.38 bits per heavy atom. The largest absolute Gasteiger partial charge is 0.478 e. The van der Waals surface area contributed by atoms with Crippen LogP contribution >= 0.6 is 12.4 Å². The van der Waals surface area contributed by atoms with Gasteiger partial charge in [-0.25, -0.2) is 4.79 Å². The zero-order valence-electron chi connectivity index (χ0n) is 12.0. The van der Waals surface area contributed by atoms with E-state index in [0.717, 1.165) is 11.1 Å². The second-order valence-electron chi connectivity index (χ2n) is 4.81. The monoisotopic (exact) mass is 303 g/mol. The van der Waals surface area contributed by atoms with Crippen LogP contribution in [0.5, 0.6) is 0 Å². The van der Waals surface area contributed by atoms with Crippen molar-refractivity contribution < 1.29 is 9.90 Å². The summed E-state index contributed by atoms with van der Waals surface area (Å²) in [4.78, 5) is 14.9. The first kappa shape index (κ1) is 16.9. The molecule has 1 atom stereocenters. The lowest BCUT2D eigenvalue weighted by molar-refractivity contribution is -0.132. The van der Waals surface area contributed by atoms with Gasteiger partial charge in [0, 0.05) is 23.9 Å². The summed E-state index contributed by atoms with van der Waals surface area (Å²) in [6, 6.07) is 11.9. The Balaban J connectivity index is 0.00000220. The minimum Gasteiger partial charge on any atom is -0.478 e. The van der Waals surface area contributed by atoms with Gasteiger partial charge < -0.3 is 5.11 Å². The number of halogens is 1. The molecule has 3 nitrogen and oxygen atoms in total. The summed E-state index contributed by atoms with van der Waals surface area (Å²) in [5.74, 6) is -0.625. The second-order valence-corrected chi connectivity index (χ2v) is 4.81. The first-order chi connectivity index (χ1) is 9.58. The molecule has 21 heavy (non-hydrogen) atoms. The molecule has 1 N–H and O–H groups in total. The van der Waals surface area contributed by atoms with E-state index in [1.54, 1.807) is 19.2 Å². The molecule has 1 aromatic carbocycles. The van der Waals surface area contributed by atoms with Crippen molar-refractivity contribution in [3.05, 3.63) is 71.1 Å². The van der Waals surface area contributed by atoms with Crippen LogP contribution in [0.1, 0.15) is 36.5 Å². The molecule has 0 spiro atoms. The summed E-state index contributed by atoms with van der Waals surface area (Å²) in [6.45, 7) is 3.72. The molecule has 0 saturated heterocycles. The molecule has 0 saturated carbocycles. The molecule has 1 heterocycles. The van der Waals surface area contributed by atoms with Crippen LogP contribution < -0.4 is 0 Å². The van der Waals surface area contributed by atoms with Gasteiger partial charge in [-0.1, -0.05) is 37.3 Å². The van der Waals surface area contributed by atoms with Crippen molar-refractivity contribution in [2.45, 2.75) is 19.8 Å². The van der Waals surface area contributed by atoms with Gasteiger partial charge in [0.15, 0.2) is 0 Å². The highest BCUT2D eigenvalue weighted by Gasteiger charge is 2.08. The summed E-state index contributed by atoms with van der Waals surface area (Å²) in [7, 11) is 0. The number of rotatable bonds is 4. The van der Waals surface area contributed by atoms with Crippen LogP contribution in [0.15, 0.2) is 54.4 Å². The van der Waals surface area contributed by atoms with Gasteiger partial charge in [-0.2, -0.15) is 0 Å². The average molecular weight is 304 g/mol. The van der Waals surface area contributed by atoms with E-state index in [-0.39, 0.29) is 18.3 Å². The highest BCUT2D eigenvalue weighted by molar-refractivity contribution is 5.91. The van der Waals surface area contributed by atoms with E-state index in [2.05, 4.69) is 18.0 Å². The summed E-state index contributed by atoms with van der Waals surface area (Å²) >= 11 is 0. The van der Waals surface area contributed by atoms with Gasteiger partial charge in [0.05, 0.1) is 0 Å². The number of carbonyl (C=O) groups is 1. The van der Waals surface area contributed by atoms with E-state index in [0.29, 0.717) is 5.57 Å². The van der Waals surface area contributed by atoms with Crippen molar-refractivity contribution in [2.75, 3.05) is 0 Å². The van der Waals surface area contributed by atoms with Crippen LogP contribution in [0.3, 0.4) is 0 Å². The van der Waals surface area contributed by atoms with E-state index in [9.17, 15) is 4.79 Å². The van der Waals surface area contributed by atoms with Crippen molar-refractivity contribution in [1.29, 1.82) is 0 Å². The first-order valence-electron chi connectivity index (χ1n) is 6.49. The summed E-state index contributed by atoms with van der Waals surface area (Å²) in [5, 5.41) is 8.86. The predicted octanol–water partition coefficient (Wildman–Crippen LogP) is 4.14. The van der Waals surface area contributed by atoms with Crippen molar-refractivity contribution in [1.82, 2.24) is 4.98 Å². The lowest BCUT2D eigenvalue weighted by atomic mass is 9.93. The van der Waals surface area contributed by atoms with E-state index >= 15 is 0 Å². The van der Waals surface area contributed by atoms with Crippen LogP contribution in [0, 0.1) is 0 Å². The Bertz CT molecular complexity index is 621. The van der Waals surface area contributed by atoms with Crippen molar-refractivity contribution in [3.63, 3.8) is 0 Å². The molecular weight excluding hydrogens is 286 g/mol. The zero-order valence-corrected chi connectivity index (χ0v) is 12.8. The average Bonchev–Trinajstić information content (AvgIpc) is 2.48. The number of hydrogen-bond acceptors (Lipinski definition) is 2. The third-order valence-electron chi connectivity index (χ3n) is 3.34.